The fourth-order valence-corrected chi connectivity index (χ4v) is 2.59. The molecule has 1 aliphatic rings. The summed E-state index contributed by atoms with van der Waals surface area (Å²) in [6.45, 7) is 0. The van der Waals surface area contributed by atoms with Crippen LogP contribution in [0.3, 0.4) is 0 Å². The smallest absolute Gasteiger partial charge is 0.136 e. The molecule has 0 aliphatic heterocycles. The van der Waals surface area contributed by atoms with Gasteiger partial charge in [0.2, 0.25) is 0 Å². The summed E-state index contributed by atoms with van der Waals surface area (Å²) in [6, 6.07) is 10.4. The first-order chi connectivity index (χ1) is 8.22. The molecule has 0 unspecified atom stereocenters. The summed E-state index contributed by atoms with van der Waals surface area (Å²) in [6.07, 6.45) is 3.43. The first-order valence-electron chi connectivity index (χ1n) is 5.70. The fourth-order valence-electron chi connectivity index (χ4n) is 2.59. The van der Waals surface area contributed by atoms with Crippen LogP contribution in [0.5, 0.6) is 0 Å². The lowest BCUT2D eigenvalue weighted by molar-refractivity contribution is -0.129. The standard InChI is InChI=1S/C14H12N2O/c15-9-14(6-11(17)7-14)5-10-8-16-13-4-2-1-3-12(10)13/h1-4,8,16H,5-7H2. The van der Waals surface area contributed by atoms with Crippen molar-refractivity contribution < 1.29 is 4.79 Å². The van der Waals surface area contributed by atoms with Gasteiger partial charge in [-0.25, -0.2) is 0 Å². The molecular weight excluding hydrogens is 212 g/mol. The quantitative estimate of drug-likeness (QED) is 0.852. The SMILES string of the molecule is N#CC1(Cc2c[nH]c3ccccc23)CC(=O)C1. The van der Waals surface area contributed by atoms with Crippen molar-refractivity contribution in [1.82, 2.24) is 4.98 Å². The van der Waals surface area contributed by atoms with Crippen LogP contribution in [0.1, 0.15) is 18.4 Å². The predicted molar refractivity (Wildman–Crippen MR) is 64.3 cm³/mol. The molecule has 0 radical (unpaired) electrons. The summed E-state index contributed by atoms with van der Waals surface area (Å²) in [5.41, 5.74) is 1.76. The van der Waals surface area contributed by atoms with E-state index in [9.17, 15) is 10.1 Å². The summed E-state index contributed by atoms with van der Waals surface area (Å²) in [5, 5.41) is 10.4. The average Bonchev–Trinajstić information content (AvgIpc) is 2.70. The second-order valence-electron chi connectivity index (χ2n) is 4.82. The first kappa shape index (κ1) is 10.1. The van der Waals surface area contributed by atoms with Crippen LogP contribution < -0.4 is 0 Å². The zero-order valence-corrected chi connectivity index (χ0v) is 9.36. The van der Waals surface area contributed by atoms with Gasteiger partial charge in [0.25, 0.3) is 0 Å². The Morgan fingerprint density at radius 3 is 2.82 bits per heavy atom. The van der Waals surface area contributed by atoms with E-state index in [4.69, 9.17) is 0 Å². The minimum absolute atomic E-state index is 0.200. The van der Waals surface area contributed by atoms with E-state index in [0.717, 1.165) is 16.5 Å². The largest absolute Gasteiger partial charge is 0.361 e. The molecule has 1 N–H and O–H groups in total. The summed E-state index contributed by atoms with van der Waals surface area (Å²) in [7, 11) is 0. The fraction of sp³-hybridized carbons (Fsp3) is 0.286. The van der Waals surface area contributed by atoms with Crippen LogP contribution in [0.4, 0.5) is 0 Å². The van der Waals surface area contributed by atoms with Crippen molar-refractivity contribution in [1.29, 1.82) is 5.26 Å². The molecule has 3 rings (SSSR count). The highest BCUT2D eigenvalue weighted by molar-refractivity contribution is 5.88. The van der Waals surface area contributed by atoms with Gasteiger partial charge in [-0.05, 0) is 18.1 Å². The van der Waals surface area contributed by atoms with Crippen LogP contribution in [0.25, 0.3) is 10.9 Å². The van der Waals surface area contributed by atoms with Crippen LogP contribution in [0.2, 0.25) is 0 Å². The molecule has 84 valence electrons. The van der Waals surface area contributed by atoms with Crippen LogP contribution in [-0.2, 0) is 11.2 Å². The van der Waals surface area contributed by atoms with Crippen LogP contribution >= 0.6 is 0 Å². The molecule has 1 saturated carbocycles. The number of carbonyl (C=O) groups is 1. The maximum absolute atomic E-state index is 11.1. The lowest BCUT2D eigenvalue weighted by Gasteiger charge is -2.33. The Hall–Kier alpha value is -2.08. The number of H-pyrrole nitrogens is 1. The van der Waals surface area contributed by atoms with Gasteiger partial charge in [-0.15, -0.1) is 0 Å². The summed E-state index contributed by atoms with van der Waals surface area (Å²) < 4.78 is 0. The van der Waals surface area contributed by atoms with E-state index < -0.39 is 5.41 Å². The molecule has 1 aromatic carbocycles. The van der Waals surface area contributed by atoms with Crippen LogP contribution in [-0.4, -0.2) is 10.8 Å². The Kier molecular flexibility index (Phi) is 2.05. The van der Waals surface area contributed by atoms with Crippen LogP contribution in [0.15, 0.2) is 30.5 Å². The number of para-hydroxylation sites is 1. The molecule has 0 amide bonds. The highest BCUT2D eigenvalue weighted by Crippen LogP contribution is 2.41. The second kappa shape index (κ2) is 3.46. The van der Waals surface area contributed by atoms with Crippen molar-refractivity contribution in [2.24, 2.45) is 5.41 Å². The summed E-state index contributed by atoms with van der Waals surface area (Å²) in [4.78, 5) is 14.3. The number of carbonyl (C=O) groups excluding carboxylic acids is 1. The van der Waals surface area contributed by atoms with E-state index in [-0.39, 0.29) is 5.78 Å². The van der Waals surface area contributed by atoms with Crippen molar-refractivity contribution in [3.63, 3.8) is 0 Å². The van der Waals surface area contributed by atoms with Crippen molar-refractivity contribution in [2.75, 3.05) is 0 Å². The number of aromatic nitrogens is 1. The zero-order chi connectivity index (χ0) is 11.9. The normalized spacial score (nSPS) is 17.7. The average molecular weight is 224 g/mol. The first-order valence-corrected chi connectivity index (χ1v) is 5.70. The number of rotatable bonds is 2. The molecule has 0 saturated heterocycles. The molecule has 3 nitrogen and oxygen atoms in total. The van der Waals surface area contributed by atoms with E-state index >= 15 is 0 Å². The summed E-state index contributed by atoms with van der Waals surface area (Å²) >= 11 is 0. The molecular formula is C14H12N2O. The Labute approximate surface area is 99.1 Å². The van der Waals surface area contributed by atoms with Gasteiger partial charge in [0.05, 0.1) is 11.5 Å². The minimum Gasteiger partial charge on any atom is -0.361 e. The number of benzene rings is 1. The number of nitrogens with zero attached hydrogens (tertiary/aromatic N) is 1. The van der Waals surface area contributed by atoms with E-state index in [0.29, 0.717) is 19.3 Å². The van der Waals surface area contributed by atoms with E-state index in [1.165, 1.54) is 0 Å². The summed E-state index contributed by atoms with van der Waals surface area (Å²) in [5.74, 6) is 0.200. The van der Waals surface area contributed by atoms with Gasteiger partial charge in [0, 0.05) is 29.9 Å². The van der Waals surface area contributed by atoms with Gasteiger partial charge in [-0.3, -0.25) is 4.79 Å². The third kappa shape index (κ3) is 1.53. The molecule has 3 heteroatoms. The van der Waals surface area contributed by atoms with Gasteiger partial charge < -0.3 is 4.98 Å². The molecule has 0 atom stereocenters. The Balaban J connectivity index is 1.96. The highest BCUT2D eigenvalue weighted by Gasteiger charge is 2.44. The number of aromatic amines is 1. The number of nitrogens with one attached hydrogen (secondary N) is 1. The van der Waals surface area contributed by atoms with Gasteiger partial charge in [-0.2, -0.15) is 5.26 Å². The lowest BCUT2D eigenvalue weighted by Crippen LogP contribution is -2.38. The third-order valence-corrected chi connectivity index (χ3v) is 3.51. The topological polar surface area (TPSA) is 56.6 Å². The maximum Gasteiger partial charge on any atom is 0.136 e. The Morgan fingerprint density at radius 2 is 2.12 bits per heavy atom. The maximum atomic E-state index is 11.1. The number of Topliss-reactive ketones (excluding diaryl/α,β-unsaturated/α-hetero) is 1. The number of hydrogen-bond acceptors (Lipinski definition) is 2. The van der Waals surface area contributed by atoms with Gasteiger partial charge in [0.1, 0.15) is 5.78 Å². The van der Waals surface area contributed by atoms with Gasteiger partial charge in [0.15, 0.2) is 0 Å². The molecule has 1 fully saturated rings. The van der Waals surface area contributed by atoms with Gasteiger partial charge in [-0.1, -0.05) is 18.2 Å². The molecule has 1 aromatic heterocycles. The van der Waals surface area contributed by atoms with Gasteiger partial charge >= 0.3 is 0 Å². The molecule has 0 bridgehead atoms. The Bertz CT molecular complexity index is 625. The lowest BCUT2D eigenvalue weighted by atomic mass is 9.65. The van der Waals surface area contributed by atoms with E-state index in [1.807, 2.05) is 30.5 Å². The number of nitriles is 1. The molecule has 2 aromatic rings. The van der Waals surface area contributed by atoms with Crippen molar-refractivity contribution in [3.05, 3.63) is 36.0 Å². The molecule has 0 spiro atoms. The van der Waals surface area contributed by atoms with E-state index in [2.05, 4.69) is 11.1 Å². The number of fused-ring (bicyclic) bond motifs is 1. The predicted octanol–water partition coefficient (Wildman–Crippen LogP) is 2.58. The van der Waals surface area contributed by atoms with Crippen molar-refractivity contribution in [3.8, 4) is 6.07 Å². The number of ketones is 1. The minimum atomic E-state index is -0.456. The molecule has 17 heavy (non-hydrogen) atoms. The van der Waals surface area contributed by atoms with Crippen LogP contribution in [0, 0.1) is 16.7 Å². The number of hydrogen-bond donors (Lipinski definition) is 1. The van der Waals surface area contributed by atoms with Crippen molar-refractivity contribution in [2.45, 2.75) is 19.3 Å². The monoisotopic (exact) mass is 224 g/mol. The molecule has 1 heterocycles. The van der Waals surface area contributed by atoms with E-state index in [1.54, 1.807) is 0 Å². The second-order valence-corrected chi connectivity index (χ2v) is 4.82. The Morgan fingerprint density at radius 1 is 1.35 bits per heavy atom. The third-order valence-electron chi connectivity index (χ3n) is 3.51. The molecule has 1 aliphatic carbocycles. The van der Waals surface area contributed by atoms with Crippen molar-refractivity contribution >= 4 is 16.7 Å². The highest BCUT2D eigenvalue weighted by atomic mass is 16.1. The zero-order valence-electron chi connectivity index (χ0n) is 9.36.